The average Bonchev–Trinajstić information content (AvgIpc) is 2.80. The van der Waals surface area contributed by atoms with Gasteiger partial charge >= 0.3 is 0 Å². The van der Waals surface area contributed by atoms with Crippen molar-refractivity contribution in [1.29, 1.82) is 0 Å². The molecule has 0 fully saturated rings. The minimum atomic E-state index is -1.34. The second kappa shape index (κ2) is 23.2. The highest BCUT2D eigenvalue weighted by Gasteiger charge is 2.06. The Labute approximate surface area is 228 Å². The van der Waals surface area contributed by atoms with Crippen LogP contribution in [0.5, 0.6) is 5.75 Å². The zero-order valence-electron chi connectivity index (χ0n) is 21.7. The predicted molar refractivity (Wildman–Crippen MR) is 149 cm³/mol. The lowest BCUT2D eigenvalue weighted by molar-refractivity contribution is -0.858. The van der Waals surface area contributed by atoms with Gasteiger partial charge in [0.1, 0.15) is 12.4 Å². The maximum atomic E-state index is 10.1. The molecule has 0 aliphatic rings. The number of unbranched alkanes of at least 4 members (excludes halogenated alkanes) is 9. The number of halogens is 3. The minimum absolute atomic E-state index is 0.158. The molecule has 7 heteroatoms. The maximum absolute atomic E-state index is 10.1. The fourth-order valence-corrected chi connectivity index (χ4v) is 3.81. The molecule has 1 rings (SSSR count). The summed E-state index contributed by atoms with van der Waals surface area (Å²) < 4.78 is 4.80. The number of carbonyl (C=O) groups excluding carboxylic acids is 1. The summed E-state index contributed by atoms with van der Waals surface area (Å²) in [4.78, 5) is 11.7. The first kappa shape index (κ1) is 33.8. The van der Waals surface area contributed by atoms with Crippen LogP contribution >= 0.6 is 34.8 Å². The predicted octanol–water partition coefficient (Wildman–Crippen LogP) is 6.72. The second-order valence-corrected chi connectivity index (χ2v) is 10.1. The van der Waals surface area contributed by atoms with Crippen LogP contribution in [-0.4, -0.2) is 33.2 Å². The molecule has 0 saturated heterocycles. The summed E-state index contributed by atoms with van der Waals surface area (Å²) in [5, 5.41) is 10.8. The van der Waals surface area contributed by atoms with E-state index in [1.54, 1.807) is 4.90 Å². The molecular formula is C28H44Cl3NO3. The van der Waals surface area contributed by atoms with Gasteiger partial charge in [0.25, 0.3) is 0 Å². The summed E-state index contributed by atoms with van der Waals surface area (Å²) in [5.74, 6) is -1.18. The number of hydrogen-bond donors (Lipinski definition) is 1. The van der Waals surface area contributed by atoms with E-state index in [1.807, 2.05) is 0 Å². The van der Waals surface area contributed by atoms with Crippen LogP contribution in [0.25, 0.3) is 0 Å². The van der Waals surface area contributed by atoms with E-state index in [0.717, 1.165) is 6.42 Å². The molecule has 1 aromatic carbocycles. The van der Waals surface area contributed by atoms with Crippen LogP contribution in [0, 0.1) is 0 Å². The van der Waals surface area contributed by atoms with E-state index >= 15 is 0 Å². The molecule has 0 bridgehead atoms. The number of carboxylic acid groups (broad SMARTS) is 1. The largest absolute Gasteiger partial charge is 0.546 e. The van der Waals surface area contributed by atoms with Gasteiger partial charge in [0.05, 0.1) is 41.7 Å². The van der Waals surface area contributed by atoms with E-state index in [-0.39, 0.29) is 20.8 Å². The Kier molecular flexibility index (Phi) is 22.4. The van der Waals surface area contributed by atoms with Crippen molar-refractivity contribution < 1.29 is 19.5 Å². The number of rotatable bonds is 18. The first-order valence-electron chi connectivity index (χ1n) is 12.8. The van der Waals surface area contributed by atoms with Gasteiger partial charge in [-0.15, -0.1) is 0 Å². The van der Waals surface area contributed by atoms with E-state index in [0.29, 0.717) is 0 Å². The first-order chi connectivity index (χ1) is 16.8. The third-order valence-corrected chi connectivity index (χ3v) is 6.22. The van der Waals surface area contributed by atoms with Gasteiger partial charge in [-0.05, 0) is 51.0 Å². The molecule has 35 heavy (non-hydrogen) atoms. The SMILES string of the molecule is CCCCCC=CC/C=C/CCCCCCCC[NH+](C)C.O=C([O-])COc1cc(Cl)c(Cl)cc1Cl. The molecule has 0 heterocycles. The number of carboxylic acids is 1. The highest BCUT2D eigenvalue weighted by Crippen LogP contribution is 2.33. The standard InChI is InChI=1S/C20H39N.C8H5Cl3O3/c1-4-5-6-7-8-9-10-11-12-13-14-15-16-17-18-19-20-21(2)3;9-4-1-6(11)7(2-5(4)10)14-3-8(12)13/h8-9,11-12H,4-7,10,13-20H2,1-3H3;1-2H,3H2,(H,12,13)/b9-8?,12-11+;. The zero-order valence-corrected chi connectivity index (χ0v) is 24.0. The number of benzene rings is 1. The van der Waals surface area contributed by atoms with Gasteiger partial charge in [-0.3, -0.25) is 0 Å². The molecule has 200 valence electrons. The van der Waals surface area contributed by atoms with E-state index < -0.39 is 12.6 Å². The van der Waals surface area contributed by atoms with Crippen molar-refractivity contribution in [3.05, 3.63) is 51.5 Å². The van der Waals surface area contributed by atoms with Gasteiger partial charge in [0.15, 0.2) is 0 Å². The number of carbonyl (C=O) groups is 1. The van der Waals surface area contributed by atoms with E-state index in [9.17, 15) is 9.90 Å². The van der Waals surface area contributed by atoms with Crippen molar-refractivity contribution in [2.75, 3.05) is 27.2 Å². The Morgan fingerprint density at radius 1 is 0.829 bits per heavy atom. The summed E-state index contributed by atoms with van der Waals surface area (Å²) in [6, 6.07) is 2.71. The van der Waals surface area contributed by atoms with Crippen LogP contribution in [0.3, 0.4) is 0 Å². The van der Waals surface area contributed by atoms with E-state index in [1.165, 1.54) is 89.3 Å². The van der Waals surface area contributed by atoms with Crippen molar-refractivity contribution >= 4 is 40.8 Å². The lowest BCUT2D eigenvalue weighted by Crippen LogP contribution is -3.05. The molecule has 0 atom stereocenters. The van der Waals surface area contributed by atoms with Gasteiger partial charge in [-0.1, -0.05) is 98.1 Å². The average molecular weight is 549 g/mol. The third-order valence-electron chi connectivity index (χ3n) is 5.20. The number of nitrogens with one attached hydrogen (secondary N) is 1. The monoisotopic (exact) mass is 547 g/mol. The highest BCUT2D eigenvalue weighted by molar-refractivity contribution is 6.43. The van der Waals surface area contributed by atoms with E-state index in [2.05, 4.69) is 45.3 Å². The lowest BCUT2D eigenvalue weighted by atomic mass is 10.1. The Morgan fingerprint density at radius 2 is 1.37 bits per heavy atom. The molecule has 0 saturated carbocycles. The fraction of sp³-hybridized carbons (Fsp3) is 0.607. The van der Waals surface area contributed by atoms with Crippen molar-refractivity contribution in [2.45, 2.75) is 84.0 Å². The quantitative estimate of drug-likeness (QED) is 0.126. The summed E-state index contributed by atoms with van der Waals surface area (Å²) >= 11 is 17.0. The smallest absolute Gasteiger partial charge is 0.140 e. The molecule has 0 spiro atoms. The van der Waals surface area contributed by atoms with Crippen molar-refractivity contribution in [3.63, 3.8) is 0 Å². The number of hydrogen-bond acceptors (Lipinski definition) is 3. The topological polar surface area (TPSA) is 53.8 Å². The molecule has 0 aliphatic heterocycles. The summed E-state index contributed by atoms with van der Waals surface area (Å²) in [5.41, 5.74) is 0. The van der Waals surface area contributed by atoms with Crippen LogP contribution < -0.4 is 14.7 Å². The van der Waals surface area contributed by atoms with Crippen LogP contribution in [0.1, 0.15) is 84.0 Å². The molecule has 0 aromatic heterocycles. The van der Waals surface area contributed by atoms with Crippen molar-refractivity contribution in [1.82, 2.24) is 0 Å². The molecule has 0 unspecified atom stereocenters. The second-order valence-electron chi connectivity index (χ2n) is 8.90. The van der Waals surface area contributed by atoms with E-state index in [4.69, 9.17) is 39.5 Å². The number of allylic oxidation sites excluding steroid dienone is 4. The third kappa shape index (κ3) is 21.8. The van der Waals surface area contributed by atoms with Gasteiger partial charge < -0.3 is 19.5 Å². The Balaban J connectivity index is 0.000000712. The first-order valence-corrected chi connectivity index (χ1v) is 14.0. The van der Waals surface area contributed by atoms with Crippen molar-refractivity contribution in [3.8, 4) is 5.75 Å². The normalized spacial score (nSPS) is 11.3. The van der Waals surface area contributed by atoms with Crippen LogP contribution in [0.4, 0.5) is 0 Å². The number of ether oxygens (including phenoxy) is 1. The molecule has 0 radical (unpaired) electrons. The maximum Gasteiger partial charge on any atom is 0.140 e. The summed E-state index contributed by atoms with van der Waals surface area (Å²) in [6.07, 6.45) is 25.5. The number of quaternary nitrogens is 1. The molecule has 0 amide bonds. The highest BCUT2D eigenvalue weighted by atomic mass is 35.5. The van der Waals surface area contributed by atoms with Crippen molar-refractivity contribution in [2.24, 2.45) is 0 Å². The van der Waals surface area contributed by atoms with Gasteiger partial charge in [-0.2, -0.15) is 0 Å². The summed E-state index contributed by atoms with van der Waals surface area (Å²) in [7, 11) is 4.49. The van der Waals surface area contributed by atoms with Crippen LogP contribution in [0.2, 0.25) is 15.1 Å². The summed E-state index contributed by atoms with van der Waals surface area (Å²) in [6.45, 7) is 3.00. The molecular weight excluding hydrogens is 505 g/mol. The molecule has 1 aromatic rings. The Morgan fingerprint density at radius 3 is 1.94 bits per heavy atom. The fourth-order valence-electron chi connectivity index (χ4n) is 3.22. The van der Waals surface area contributed by atoms with Gasteiger partial charge in [0, 0.05) is 6.07 Å². The Hall–Kier alpha value is -1.20. The molecule has 0 aliphatic carbocycles. The molecule has 4 nitrogen and oxygen atoms in total. The zero-order chi connectivity index (χ0) is 26.3. The van der Waals surface area contributed by atoms with Gasteiger partial charge in [-0.25, -0.2) is 0 Å². The van der Waals surface area contributed by atoms with Gasteiger partial charge in [0.2, 0.25) is 0 Å². The van der Waals surface area contributed by atoms with Crippen LogP contribution in [0.15, 0.2) is 36.4 Å². The molecule has 1 N–H and O–H groups in total. The Bertz CT molecular complexity index is 736. The minimum Gasteiger partial charge on any atom is -0.546 e. The lowest BCUT2D eigenvalue weighted by Gasteiger charge is -2.09. The number of aliphatic carboxylic acids is 1. The van der Waals surface area contributed by atoms with Crippen LogP contribution in [-0.2, 0) is 4.79 Å².